The second-order valence-electron chi connectivity index (χ2n) is 5.60. The fourth-order valence-corrected chi connectivity index (χ4v) is 2.58. The Morgan fingerprint density at radius 1 is 1.39 bits per heavy atom. The summed E-state index contributed by atoms with van der Waals surface area (Å²) in [4.78, 5) is 24.8. The molecule has 1 aromatic carbocycles. The third kappa shape index (κ3) is 3.69. The molecule has 0 unspecified atom stereocenters. The van der Waals surface area contributed by atoms with E-state index in [4.69, 9.17) is 5.26 Å². The van der Waals surface area contributed by atoms with Crippen LogP contribution in [0, 0.1) is 17.2 Å². The number of carbonyl (C=O) groups is 1. The van der Waals surface area contributed by atoms with Crippen LogP contribution < -0.4 is 5.56 Å². The Morgan fingerprint density at radius 2 is 2.09 bits per heavy atom. The predicted molar refractivity (Wildman–Crippen MR) is 89.5 cm³/mol. The van der Waals surface area contributed by atoms with Crippen LogP contribution in [-0.4, -0.2) is 15.5 Å². The molecular formula is C17H15BrN2O3. The number of nitrogens with zero attached hydrogens (tertiary/aromatic N) is 2. The summed E-state index contributed by atoms with van der Waals surface area (Å²) in [6, 6.07) is 7.62. The number of phenols is 1. The first-order valence-electron chi connectivity index (χ1n) is 7.01. The molecule has 0 bridgehead atoms. The van der Waals surface area contributed by atoms with Gasteiger partial charge in [0.25, 0.3) is 5.56 Å². The minimum Gasteiger partial charge on any atom is -0.507 e. The number of aromatic hydroxyl groups is 1. The van der Waals surface area contributed by atoms with Gasteiger partial charge in [0.15, 0.2) is 5.78 Å². The lowest BCUT2D eigenvalue weighted by Gasteiger charge is -2.11. The summed E-state index contributed by atoms with van der Waals surface area (Å²) in [6.45, 7) is 4.28. The molecule has 2 rings (SSSR count). The van der Waals surface area contributed by atoms with Crippen molar-refractivity contribution in [1.29, 1.82) is 5.26 Å². The summed E-state index contributed by atoms with van der Waals surface area (Å²) in [5.74, 6) is -0.417. The summed E-state index contributed by atoms with van der Waals surface area (Å²) in [6.07, 6.45) is 1.44. The highest BCUT2D eigenvalue weighted by Gasteiger charge is 2.17. The van der Waals surface area contributed by atoms with Gasteiger partial charge in [0.05, 0.1) is 5.56 Å². The number of nitriles is 1. The number of hydrogen-bond acceptors (Lipinski definition) is 4. The molecule has 0 aliphatic rings. The van der Waals surface area contributed by atoms with Crippen LogP contribution in [-0.2, 0) is 6.54 Å². The van der Waals surface area contributed by atoms with Crippen LogP contribution in [0.25, 0.3) is 0 Å². The van der Waals surface area contributed by atoms with E-state index in [1.807, 2.05) is 19.9 Å². The molecule has 0 saturated heterocycles. The van der Waals surface area contributed by atoms with Crippen molar-refractivity contribution in [3.63, 3.8) is 0 Å². The Bertz CT molecular complexity index is 863. The van der Waals surface area contributed by atoms with Gasteiger partial charge in [0.1, 0.15) is 17.4 Å². The third-order valence-corrected chi connectivity index (χ3v) is 3.73. The maximum absolute atomic E-state index is 12.6. The lowest BCUT2D eigenvalue weighted by atomic mass is 10.0. The minimum atomic E-state index is -0.446. The minimum absolute atomic E-state index is 0.0917. The Hall–Kier alpha value is -2.39. The van der Waals surface area contributed by atoms with Crippen molar-refractivity contribution in [2.24, 2.45) is 5.92 Å². The standard InChI is InChI=1S/C17H15BrN2O3/c1-10(2)8-20-9-12(5-11(7-19)17(20)23)16(22)14-6-13(18)3-4-15(14)21/h3-6,9-10,21H,8H2,1-2H3. The molecule has 1 aromatic heterocycles. The SMILES string of the molecule is CC(C)Cn1cc(C(=O)c2cc(Br)ccc2O)cc(C#N)c1=O. The van der Waals surface area contributed by atoms with Gasteiger partial charge in [0.2, 0.25) is 0 Å². The number of benzene rings is 1. The lowest BCUT2D eigenvalue weighted by Crippen LogP contribution is -2.25. The first-order valence-corrected chi connectivity index (χ1v) is 7.80. The highest BCUT2D eigenvalue weighted by molar-refractivity contribution is 9.10. The maximum atomic E-state index is 12.6. The van der Waals surface area contributed by atoms with Crippen molar-refractivity contribution in [1.82, 2.24) is 4.57 Å². The number of phenolic OH excluding ortho intramolecular Hbond substituents is 1. The summed E-state index contributed by atoms with van der Waals surface area (Å²) in [5, 5.41) is 19.0. The number of aromatic nitrogens is 1. The van der Waals surface area contributed by atoms with Gasteiger partial charge in [-0.15, -0.1) is 0 Å². The van der Waals surface area contributed by atoms with Gasteiger partial charge in [-0.3, -0.25) is 9.59 Å². The quantitative estimate of drug-likeness (QED) is 0.833. The molecule has 0 spiro atoms. The maximum Gasteiger partial charge on any atom is 0.268 e. The van der Waals surface area contributed by atoms with Crippen molar-refractivity contribution >= 4 is 21.7 Å². The van der Waals surface area contributed by atoms with Crippen LogP contribution in [0.3, 0.4) is 0 Å². The van der Waals surface area contributed by atoms with E-state index in [9.17, 15) is 14.7 Å². The molecular weight excluding hydrogens is 360 g/mol. The van der Waals surface area contributed by atoms with Crippen LogP contribution in [0.15, 0.2) is 39.7 Å². The molecule has 0 atom stereocenters. The van der Waals surface area contributed by atoms with Crippen LogP contribution in [0.1, 0.15) is 35.3 Å². The average molecular weight is 375 g/mol. The molecule has 6 heteroatoms. The van der Waals surface area contributed by atoms with Gasteiger partial charge in [-0.25, -0.2) is 0 Å². The van der Waals surface area contributed by atoms with E-state index in [2.05, 4.69) is 15.9 Å². The number of rotatable bonds is 4. The van der Waals surface area contributed by atoms with Gasteiger partial charge in [-0.1, -0.05) is 29.8 Å². The Labute approximate surface area is 141 Å². The van der Waals surface area contributed by atoms with E-state index in [1.54, 1.807) is 6.07 Å². The molecule has 5 nitrogen and oxygen atoms in total. The van der Waals surface area contributed by atoms with Gasteiger partial charge in [-0.2, -0.15) is 5.26 Å². The second-order valence-corrected chi connectivity index (χ2v) is 6.51. The molecule has 0 radical (unpaired) electrons. The lowest BCUT2D eigenvalue weighted by molar-refractivity contribution is 0.103. The van der Waals surface area contributed by atoms with Crippen LogP contribution in [0.2, 0.25) is 0 Å². The molecule has 0 fully saturated rings. The average Bonchev–Trinajstić information content (AvgIpc) is 2.50. The molecule has 1 heterocycles. The van der Waals surface area contributed by atoms with Crippen LogP contribution in [0.4, 0.5) is 0 Å². The number of hydrogen-bond donors (Lipinski definition) is 1. The van der Waals surface area contributed by atoms with E-state index in [0.29, 0.717) is 11.0 Å². The van der Waals surface area contributed by atoms with Gasteiger partial charge < -0.3 is 9.67 Å². The summed E-state index contributed by atoms with van der Waals surface area (Å²) in [7, 11) is 0. The van der Waals surface area contributed by atoms with E-state index in [1.165, 1.54) is 29.0 Å². The van der Waals surface area contributed by atoms with Crippen molar-refractivity contribution < 1.29 is 9.90 Å². The number of halogens is 1. The van der Waals surface area contributed by atoms with Crippen molar-refractivity contribution in [3.8, 4) is 11.8 Å². The zero-order chi connectivity index (χ0) is 17.1. The Morgan fingerprint density at radius 3 is 2.70 bits per heavy atom. The zero-order valence-corrected chi connectivity index (χ0v) is 14.3. The molecule has 118 valence electrons. The molecule has 23 heavy (non-hydrogen) atoms. The number of ketones is 1. The predicted octanol–water partition coefficient (Wildman–Crippen LogP) is 3.08. The van der Waals surface area contributed by atoms with Gasteiger partial charge in [0, 0.05) is 22.8 Å². The van der Waals surface area contributed by atoms with Crippen molar-refractivity contribution in [3.05, 3.63) is 62.0 Å². The number of carbonyl (C=O) groups excluding carboxylic acids is 1. The molecule has 0 aliphatic carbocycles. The van der Waals surface area contributed by atoms with Gasteiger partial charge in [-0.05, 0) is 30.2 Å². The smallest absolute Gasteiger partial charge is 0.268 e. The summed E-state index contributed by atoms with van der Waals surface area (Å²) in [5.41, 5.74) is -0.213. The number of pyridine rings is 1. The molecule has 0 aliphatic heterocycles. The van der Waals surface area contributed by atoms with Crippen LogP contribution in [0.5, 0.6) is 5.75 Å². The topological polar surface area (TPSA) is 83.1 Å². The summed E-state index contributed by atoms with van der Waals surface area (Å²) < 4.78 is 2.01. The Kier molecular flexibility index (Phi) is 5.02. The highest BCUT2D eigenvalue weighted by atomic mass is 79.9. The van der Waals surface area contributed by atoms with Gasteiger partial charge >= 0.3 is 0 Å². The van der Waals surface area contributed by atoms with E-state index in [0.717, 1.165) is 0 Å². The highest BCUT2D eigenvalue weighted by Crippen LogP contribution is 2.24. The molecule has 1 N–H and O–H groups in total. The monoisotopic (exact) mass is 374 g/mol. The summed E-state index contributed by atoms with van der Waals surface area (Å²) >= 11 is 3.25. The van der Waals surface area contributed by atoms with Crippen molar-refractivity contribution in [2.75, 3.05) is 0 Å². The largest absolute Gasteiger partial charge is 0.507 e. The molecule has 2 aromatic rings. The Balaban J connectivity index is 2.59. The third-order valence-electron chi connectivity index (χ3n) is 3.23. The molecule has 0 saturated carbocycles. The van der Waals surface area contributed by atoms with Crippen molar-refractivity contribution in [2.45, 2.75) is 20.4 Å². The first-order chi connectivity index (χ1) is 10.8. The van der Waals surface area contributed by atoms with E-state index in [-0.39, 0.29) is 28.4 Å². The fourth-order valence-electron chi connectivity index (χ4n) is 2.21. The van der Waals surface area contributed by atoms with E-state index >= 15 is 0 Å². The zero-order valence-electron chi connectivity index (χ0n) is 12.7. The van der Waals surface area contributed by atoms with Crippen LogP contribution >= 0.6 is 15.9 Å². The normalized spacial score (nSPS) is 10.6. The first kappa shape index (κ1) is 17.0. The fraction of sp³-hybridized carbons (Fsp3) is 0.235. The molecule has 0 amide bonds. The van der Waals surface area contributed by atoms with E-state index < -0.39 is 11.3 Å². The second kappa shape index (κ2) is 6.80.